The molecule has 1 aliphatic rings. The highest BCUT2D eigenvalue weighted by Crippen LogP contribution is 2.41. The summed E-state index contributed by atoms with van der Waals surface area (Å²) in [5, 5.41) is 23.2. The third-order valence-corrected chi connectivity index (χ3v) is 3.99. The lowest BCUT2D eigenvalue weighted by Gasteiger charge is -2.32. The van der Waals surface area contributed by atoms with E-state index in [-0.39, 0.29) is 23.5 Å². The van der Waals surface area contributed by atoms with Gasteiger partial charge in [0.2, 0.25) is 0 Å². The standard InChI is InChI=1S/C17H17NO4/c1-22-17(21)12-9-11-7-8-13(19)16(20)14(11)15(18-12)10-5-3-2-4-6-10/h2-8,12,15,18-20H,9H2,1H3. The van der Waals surface area contributed by atoms with Crippen molar-refractivity contribution in [1.82, 2.24) is 5.32 Å². The van der Waals surface area contributed by atoms with Gasteiger partial charge in [0.25, 0.3) is 0 Å². The zero-order valence-corrected chi connectivity index (χ0v) is 12.1. The summed E-state index contributed by atoms with van der Waals surface area (Å²) in [6.07, 6.45) is 0.402. The number of aromatic hydroxyl groups is 2. The molecule has 0 spiro atoms. The van der Waals surface area contributed by atoms with E-state index < -0.39 is 6.04 Å². The predicted molar refractivity (Wildman–Crippen MR) is 80.7 cm³/mol. The summed E-state index contributed by atoms with van der Waals surface area (Å²) in [4.78, 5) is 11.9. The molecular formula is C17H17NO4. The Hall–Kier alpha value is -2.53. The summed E-state index contributed by atoms with van der Waals surface area (Å²) in [5.41, 5.74) is 2.32. The number of phenolic OH excluding ortho intramolecular Hbond substituents is 2. The van der Waals surface area contributed by atoms with Gasteiger partial charge in [-0.25, -0.2) is 0 Å². The van der Waals surface area contributed by atoms with Gasteiger partial charge < -0.3 is 14.9 Å². The minimum atomic E-state index is -0.494. The van der Waals surface area contributed by atoms with Crippen LogP contribution < -0.4 is 5.32 Å². The van der Waals surface area contributed by atoms with Gasteiger partial charge in [-0.1, -0.05) is 36.4 Å². The first-order chi connectivity index (χ1) is 10.6. The number of hydrogen-bond donors (Lipinski definition) is 3. The van der Waals surface area contributed by atoms with E-state index in [0.29, 0.717) is 12.0 Å². The van der Waals surface area contributed by atoms with Gasteiger partial charge in [-0.2, -0.15) is 0 Å². The van der Waals surface area contributed by atoms with Gasteiger partial charge in [0.05, 0.1) is 13.2 Å². The van der Waals surface area contributed by atoms with Gasteiger partial charge in [-0.3, -0.25) is 10.1 Å². The molecule has 0 saturated heterocycles. The molecule has 0 aliphatic carbocycles. The summed E-state index contributed by atoms with van der Waals surface area (Å²) in [6, 6.07) is 11.8. The van der Waals surface area contributed by atoms with Gasteiger partial charge in [-0.15, -0.1) is 0 Å². The Morgan fingerprint density at radius 1 is 1.18 bits per heavy atom. The molecule has 114 valence electrons. The van der Waals surface area contributed by atoms with Crippen molar-refractivity contribution >= 4 is 5.97 Å². The SMILES string of the molecule is COC(=O)C1Cc2ccc(O)c(O)c2C(c2ccccc2)N1. The smallest absolute Gasteiger partial charge is 0.323 e. The molecule has 1 aliphatic heterocycles. The number of carbonyl (C=O) groups excluding carboxylic acids is 1. The van der Waals surface area contributed by atoms with Gasteiger partial charge in [0, 0.05) is 5.56 Å². The molecule has 0 aromatic heterocycles. The highest BCUT2D eigenvalue weighted by atomic mass is 16.5. The number of rotatable bonds is 2. The molecule has 22 heavy (non-hydrogen) atoms. The van der Waals surface area contributed by atoms with E-state index in [0.717, 1.165) is 11.1 Å². The lowest BCUT2D eigenvalue weighted by molar-refractivity contribution is -0.143. The van der Waals surface area contributed by atoms with Gasteiger partial charge in [0.15, 0.2) is 11.5 Å². The molecule has 2 aromatic carbocycles. The molecule has 0 amide bonds. The number of carbonyl (C=O) groups is 1. The minimum absolute atomic E-state index is 0.151. The highest BCUT2D eigenvalue weighted by molar-refractivity contribution is 5.77. The van der Waals surface area contributed by atoms with Crippen molar-refractivity contribution in [3.8, 4) is 11.5 Å². The fraction of sp³-hybridized carbons (Fsp3) is 0.235. The maximum atomic E-state index is 11.9. The summed E-state index contributed by atoms with van der Waals surface area (Å²) < 4.78 is 4.83. The molecule has 3 rings (SSSR count). The Morgan fingerprint density at radius 2 is 1.91 bits per heavy atom. The molecule has 5 nitrogen and oxygen atoms in total. The zero-order valence-electron chi connectivity index (χ0n) is 12.1. The quantitative estimate of drug-likeness (QED) is 0.583. The topological polar surface area (TPSA) is 78.8 Å². The van der Waals surface area contributed by atoms with E-state index >= 15 is 0 Å². The lowest BCUT2D eigenvalue weighted by atomic mass is 9.85. The first-order valence-electron chi connectivity index (χ1n) is 7.04. The summed E-state index contributed by atoms with van der Waals surface area (Å²) in [7, 11) is 1.35. The fourth-order valence-corrected chi connectivity index (χ4v) is 2.90. The number of phenols is 2. The number of ether oxygens (including phenoxy) is 1. The molecular weight excluding hydrogens is 282 g/mol. The van der Waals surface area contributed by atoms with Crippen molar-refractivity contribution in [3.05, 3.63) is 59.2 Å². The van der Waals surface area contributed by atoms with E-state index in [2.05, 4.69) is 5.32 Å². The van der Waals surface area contributed by atoms with Crippen molar-refractivity contribution < 1.29 is 19.7 Å². The maximum absolute atomic E-state index is 11.9. The first-order valence-corrected chi connectivity index (χ1v) is 7.04. The number of hydrogen-bond acceptors (Lipinski definition) is 5. The number of esters is 1. The fourth-order valence-electron chi connectivity index (χ4n) is 2.90. The van der Waals surface area contributed by atoms with E-state index in [1.54, 1.807) is 6.07 Å². The van der Waals surface area contributed by atoms with Crippen LogP contribution in [0.5, 0.6) is 11.5 Å². The number of fused-ring (bicyclic) bond motifs is 1. The van der Waals surface area contributed by atoms with Crippen molar-refractivity contribution in [2.75, 3.05) is 7.11 Å². The van der Waals surface area contributed by atoms with Gasteiger partial charge in [-0.05, 0) is 23.6 Å². The Bertz CT molecular complexity index is 699. The Balaban J connectivity index is 2.12. The average molecular weight is 299 g/mol. The molecule has 3 N–H and O–H groups in total. The van der Waals surface area contributed by atoms with Crippen molar-refractivity contribution in [2.24, 2.45) is 0 Å². The number of benzene rings is 2. The Morgan fingerprint density at radius 3 is 2.59 bits per heavy atom. The normalized spacial score (nSPS) is 20.2. The van der Waals surface area contributed by atoms with Gasteiger partial charge >= 0.3 is 5.97 Å². The molecule has 1 heterocycles. The van der Waals surface area contributed by atoms with Crippen LogP contribution in [0.15, 0.2) is 42.5 Å². The van der Waals surface area contributed by atoms with Crippen LogP contribution in [0.3, 0.4) is 0 Å². The predicted octanol–water partition coefficient (Wildman–Crippen LogP) is 1.87. The third-order valence-electron chi connectivity index (χ3n) is 3.99. The molecule has 0 fully saturated rings. The molecule has 0 saturated carbocycles. The molecule has 0 bridgehead atoms. The number of nitrogens with one attached hydrogen (secondary N) is 1. The maximum Gasteiger partial charge on any atom is 0.323 e. The third kappa shape index (κ3) is 2.40. The zero-order chi connectivity index (χ0) is 15.7. The molecule has 2 unspecified atom stereocenters. The minimum Gasteiger partial charge on any atom is -0.504 e. The van der Waals surface area contributed by atoms with E-state index in [1.165, 1.54) is 13.2 Å². The monoisotopic (exact) mass is 299 g/mol. The van der Waals surface area contributed by atoms with Crippen LogP contribution in [-0.2, 0) is 16.0 Å². The van der Waals surface area contributed by atoms with Crippen molar-refractivity contribution in [1.29, 1.82) is 0 Å². The second kappa shape index (κ2) is 5.69. The second-order valence-electron chi connectivity index (χ2n) is 5.30. The van der Waals surface area contributed by atoms with Crippen LogP contribution in [-0.4, -0.2) is 29.3 Å². The highest BCUT2D eigenvalue weighted by Gasteiger charge is 2.34. The molecule has 5 heteroatoms. The number of methoxy groups -OCH3 is 1. The van der Waals surface area contributed by atoms with Crippen LogP contribution in [0.2, 0.25) is 0 Å². The summed E-state index contributed by atoms with van der Waals surface area (Å²) in [5.74, 6) is -0.667. The lowest BCUT2D eigenvalue weighted by Crippen LogP contribution is -2.45. The van der Waals surface area contributed by atoms with Crippen LogP contribution in [0.25, 0.3) is 0 Å². The van der Waals surface area contributed by atoms with E-state index in [1.807, 2.05) is 30.3 Å². The largest absolute Gasteiger partial charge is 0.504 e. The van der Waals surface area contributed by atoms with Crippen LogP contribution in [0.4, 0.5) is 0 Å². The van der Waals surface area contributed by atoms with Gasteiger partial charge in [0.1, 0.15) is 6.04 Å². The van der Waals surface area contributed by atoms with E-state index in [4.69, 9.17) is 4.74 Å². The van der Waals surface area contributed by atoms with Crippen molar-refractivity contribution in [3.63, 3.8) is 0 Å². The molecule has 2 aromatic rings. The summed E-state index contributed by atoms with van der Waals surface area (Å²) in [6.45, 7) is 0. The Kier molecular flexibility index (Phi) is 3.73. The van der Waals surface area contributed by atoms with Crippen LogP contribution in [0, 0.1) is 0 Å². The second-order valence-corrected chi connectivity index (χ2v) is 5.30. The van der Waals surface area contributed by atoms with E-state index in [9.17, 15) is 15.0 Å². The van der Waals surface area contributed by atoms with Crippen LogP contribution in [0.1, 0.15) is 22.7 Å². The van der Waals surface area contributed by atoms with Crippen LogP contribution >= 0.6 is 0 Å². The van der Waals surface area contributed by atoms with Crippen molar-refractivity contribution in [2.45, 2.75) is 18.5 Å². The molecule has 0 radical (unpaired) electrons. The first kappa shape index (κ1) is 14.4. The Labute approximate surface area is 128 Å². The summed E-state index contributed by atoms with van der Waals surface area (Å²) >= 11 is 0. The molecule has 2 atom stereocenters. The average Bonchev–Trinajstić information content (AvgIpc) is 2.57.